The first-order valence-electron chi connectivity index (χ1n) is 6.01. The van der Waals surface area contributed by atoms with E-state index < -0.39 is 5.79 Å². The molecule has 1 aromatic heterocycles. The van der Waals surface area contributed by atoms with Crippen LogP contribution in [0.15, 0.2) is 24.5 Å². The molecule has 1 atom stereocenters. The molecule has 17 heavy (non-hydrogen) atoms. The molecular formula is C13H20N2O2. The number of aromatic nitrogens is 1. The van der Waals surface area contributed by atoms with Crippen LogP contribution in [0.2, 0.25) is 0 Å². The molecule has 2 rings (SSSR count). The van der Waals surface area contributed by atoms with Crippen molar-refractivity contribution in [3.63, 3.8) is 0 Å². The maximum absolute atomic E-state index is 5.62. The standard InChI is InChI=1S/C13H20N2O2/c1-10(11-4-6-14-7-5-11)15-12-8-16-13(2,3)17-9-12/h4-7,10,12,15H,8-9H2,1-3H3/t10-/m1/s1. The number of nitrogens with one attached hydrogen (secondary N) is 1. The fourth-order valence-electron chi connectivity index (χ4n) is 1.89. The summed E-state index contributed by atoms with van der Waals surface area (Å²) in [6.45, 7) is 7.38. The quantitative estimate of drug-likeness (QED) is 0.870. The Morgan fingerprint density at radius 3 is 2.47 bits per heavy atom. The SMILES string of the molecule is C[C@@H](NC1COC(C)(C)OC1)c1ccncc1. The molecule has 0 spiro atoms. The van der Waals surface area contributed by atoms with Gasteiger partial charge in [0.2, 0.25) is 0 Å². The molecule has 0 aliphatic carbocycles. The van der Waals surface area contributed by atoms with Gasteiger partial charge in [0.1, 0.15) is 0 Å². The van der Waals surface area contributed by atoms with Crippen LogP contribution < -0.4 is 5.32 Å². The van der Waals surface area contributed by atoms with Crippen LogP contribution in [0, 0.1) is 0 Å². The predicted octanol–water partition coefficient (Wildman–Crippen LogP) is 1.88. The van der Waals surface area contributed by atoms with Crippen molar-refractivity contribution in [2.75, 3.05) is 13.2 Å². The highest BCUT2D eigenvalue weighted by Gasteiger charge is 2.28. The highest BCUT2D eigenvalue weighted by molar-refractivity contribution is 5.14. The molecule has 0 aromatic carbocycles. The van der Waals surface area contributed by atoms with E-state index in [-0.39, 0.29) is 12.1 Å². The minimum atomic E-state index is -0.446. The largest absolute Gasteiger partial charge is 0.349 e. The number of ether oxygens (including phenoxy) is 2. The van der Waals surface area contributed by atoms with Crippen LogP contribution >= 0.6 is 0 Å². The summed E-state index contributed by atoms with van der Waals surface area (Å²) in [5.41, 5.74) is 1.23. The molecule has 1 aliphatic heterocycles. The van der Waals surface area contributed by atoms with Gasteiger partial charge in [-0.05, 0) is 38.5 Å². The third-order valence-electron chi connectivity index (χ3n) is 2.96. The molecular weight excluding hydrogens is 216 g/mol. The third-order valence-corrected chi connectivity index (χ3v) is 2.96. The van der Waals surface area contributed by atoms with Gasteiger partial charge in [-0.3, -0.25) is 4.98 Å². The Labute approximate surface area is 102 Å². The lowest BCUT2D eigenvalue weighted by molar-refractivity contribution is -0.253. The first kappa shape index (κ1) is 12.5. The predicted molar refractivity (Wildman–Crippen MR) is 65.6 cm³/mol. The minimum absolute atomic E-state index is 0.242. The summed E-state index contributed by atoms with van der Waals surface area (Å²) in [5.74, 6) is -0.446. The van der Waals surface area contributed by atoms with Gasteiger partial charge in [-0.25, -0.2) is 0 Å². The van der Waals surface area contributed by atoms with Crippen LogP contribution in [-0.2, 0) is 9.47 Å². The molecule has 4 nitrogen and oxygen atoms in total. The van der Waals surface area contributed by atoms with Crippen molar-refractivity contribution >= 4 is 0 Å². The lowest BCUT2D eigenvalue weighted by Crippen LogP contribution is -2.49. The summed E-state index contributed by atoms with van der Waals surface area (Å²) in [4.78, 5) is 4.02. The maximum atomic E-state index is 5.62. The van der Waals surface area contributed by atoms with Gasteiger partial charge in [0, 0.05) is 18.4 Å². The number of hydrogen-bond donors (Lipinski definition) is 1. The van der Waals surface area contributed by atoms with Gasteiger partial charge in [0.05, 0.1) is 19.3 Å². The fraction of sp³-hybridized carbons (Fsp3) is 0.615. The van der Waals surface area contributed by atoms with Gasteiger partial charge < -0.3 is 14.8 Å². The van der Waals surface area contributed by atoms with Crippen LogP contribution in [0.5, 0.6) is 0 Å². The summed E-state index contributed by atoms with van der Waals surface area (Å²) in [6, 6.07) is 4.56. The van der Waals surface area contributed by atoms with Gasteiger partial charge in [-0.2, -0.15) is 0 Å². The molecule has 94 valence electrons. The second-order valence-electron chi connectivity index (χ2n) is 4.89. The van der Waals surface area contributed by atoms with Gasteiger partial charge >= 0.3 is 0 Å². The minimum Gasteiger partial charge on any atom is -0.349 e. The molecule has 0 bridgehead atoms. The zero-order chi connectivity index (χ0) is 12.3. The lowest BCUT2D eigenvalue weighted by Gasteiger charge is -2.36. The van der Waals surface area contributed by atoms with Gasteiger partial charge in [-0.15, -0.1) is 0 Å². The molecule has 1 aromatic rings. The van der Waals surface area contributed by atoms with Crippen molar-refractivity contribution in [1.29, 1.82) is 0 Å². The number of hydrogen-bond acceptors (Lipinski definition) is 4. The Balaban J connectivity index is 1.86. The van der Waals surface area contributed by atoms with E-state index in [0.29, 0.717) is 13.2 Å². The molecule has 4 heteroatoms. The van der Waals surface area contributed by atoms with Gasteiger partial charge in [0.25, 0.3) is 0 Å². The average molecular weight is 236 g/mol. The second-order valence-corrected chi connectivity index (χ2v) is 4.89. The number of pyridine rings is 1. The average Bonchev–Trinajstić information content (AvgIpc) is 2.33. The Bertz CT molecular complexity index is 344. The van der Waals surface area contributed by atoms with E-state index >= 15 is 0 Å². The normalized spacial score (nSPS) is 22.3. The van der Waals surface area contributed by atoms with E-state index in [1.54, 1.807) is 0 Å². The highest BCUT2D eigenvalue weighted by Crippen LogP contribution is 2.19. The zero-order valence-electron chi connectivity index (χ0n) is 10.6. The summed E-state index contributed by atoms with van der Waals surface area (Å²) >= 11 is 0. The smallest absolute Gasteiger partial charge is 0.162 e. The van der Waals surface area contributed by atoms with E-state index in [0.717, 1.165) is 0 Å². The topological polar surface area (TPSA) is 43.4 Å². The first-order chi connectivity index (χ1) is 8.07. The van der Waals surface area contributed by atoms with Crippen molar-refractivity contribution in [2.24, 2.45) is 0 Å². The molecule has 0 radical (unpaired) electrons. The van der Waals surface area contributed by atoms with Crippen LogP contribution in [0.4, 0.5) is 0 Å². The Kier molecular flexibility index (Phi) is 3.76. The van der Waals surface area contributed by atoms with E-state index in [9.17, 15) is 0 Å². The molecule has 1 fully saturated rings. The maximum Gasteiger partial charge on any atom is 0.162 e. The van der Waals surface area contributed by atoms with Gasteiger partial charge in [-0.1, -0.05) is 0 Å². The van der Waals surface area contributed by atoms with E-state index in [4.69, 9.17) is 9.47 Å². The van der Waals surface area contributed by atoms with Crippen LogP contribution in [0.25, 0.3) is 0 Å². The van der Waals surface area contributed by atoms with Crippen molar-refractivity contribution in [3.8, 4) is 0 Å². The molecule has 1 aliphatic rings. The molecule has 1 N–H and O–H groups in total. The van der Waals surface area contributed by atoms with Crippen molar-refractivity contribution < 1.29 is 9.47 Å². The Morgan fingerprint density at radius 1 is 1.29 bits per heavy atom. The summed E-state index contributed by atoms with van der Waals surface area (Å²) in [5, 5.41) is 3.50. The van der Waals surface area contributed by atoms with Crippen molar-refractivity contribution in [1.82, 2.24) is 10.3 Å². The molecule has 1 saturated heterocycles. The van der Waals surface area contributed by atoms with Crippen molar-refractivity contribution in [3.05, 3.63) is 30.1 Å². The molecule has 0 unspecified atom stereocenters. The second kappa shape index (κ2) is 5.12. The molecule has 0 saturated carbocycles. The van der Waals surface area contributed by atoms with E-state index in [1.807, 2.05) is 38.4 Å². The molecule has 2 heterocycles. The Hall–Kier alpha value is -0.970. The molecule has 0 amide bonds. The monoisotopic (exact) mass is 236 g/mol. The summed E-state index contributed by atoms with van der Waals surface area (Å²) in [7, 11) is 0. The highest BCUT2D eigenvalue weighted by atomic mass is 16.7. The summed E-state index contributed by atoms with van der Waals surface area (Å²) < 4.78 is 11.2. The first-order valence-corrected chi connectivity index (χ1v) is 6.01. The fourth-order valence-corrected chi connectivity index (χ4v) is 1.89. The van der Waals surface area contributed by atoms with Crippen LogP contribution in [-0.4, -0.2) is 30.0 Å². The number of nitrogens with zero attached hydrogens (tertiary/aromatic N) is 1. The number of rotatable bonds is 3. The third kappa shape index (κ3) is 3.49. The van der Waals surface area contributed by atoms with E-state index in [2.05, 4.69) is 17.2 Å². The van der Waals surface area contributed by atoms with Crippen LogP contribution in [0.3, 0.4) is 0 Å². The Morgan fingerprint density at radius 2 is 1.88 bits per heavy atom. The van der Waals surface area contributed by atoms with Crippen LogP contribution in [0.1, 0.15) is 32.4 Å². The van der Waals surface area contributed by atoms with E-state index in [1.165, 1.54) is 5.56 Å². The lowest BCUT2D eigenvalue weighted by atomic mass is 10.1. The zero-order valence-corrected chi connectivity index (χ0v) is 10.6. The van der Waals surface area contributed by atoms with Gasteiger partial charge in [0.15, 0.2) is 5.79 Å². The summed E-state index contributed by atoms with van der Waals surface area (Å²) in [6.07, 6.45) is 3.62. The van der Waals surface area contributed by atoms with Crippen molar-refractivity contribution in [2.45, 2.75) is 38.6 Å².